The van der Waals surface area contributed by atoms with Crippen molar-refractivity contribution in [3.8, 4) is 0 Å². The van der Waals surface area contributed by atoms with E-state index in [9.17, 15) is 9.59 Å². The van der Waals surface area contributed by atoms with Gasteiger partial charge in [-0.3, -0.25) is 9.59 Å². The molecule has 2 N–H and O–H groups in total. The van der Waals surface area contributed by atoms with Gasteiger partial charge in [-0.1, -0.05) is 46.5 Å². The van der Waals surface area contributed by atoms with Crippen molar-refractivity contribution in [1.82, 2.24) is 5.32 Å². The third-order valence-corrected chi connectivity index (χ3v) is 5.36. The van der Waals surface area contributed by atoms with Crippen LogP contribution in [0.15, 0.2) is 0 Å². The van der Waals surface area contributed by atoms with Gasteiger partial charge in [-0.05, 0) is 23.7 Å². The second-order valence-corrected chi connectivity index (χ2v) is 7.32. The Bertz CT molecular complexity index is 383. The highest BCUT2D eigenvalue weighted by Crippen LogP contribution is 2.58. The Morgan fingerprint density at radius 1 is 1.15 bits per heavy atom. The minimum Gasteiger partial charge on any atom is -0.481 e. The first-order valence-corrected chi connectivity index (χ1v) is 7.84. The van der Waals surface area contributed by atoms with Gasteiger partial charge in [0.05, 0.1) is 11.8 Å². The first kappa shape index (κ1) is 15.3. The number of rotatable bonds is 5. The molecule has 0 spiro atoms. The van der Waals surface area contributed by atoms with E-state index in [0.29, 0.717) is 6.54 Å². The average molecular weight is 281 g/mol. The van der Waals surface area contributed by atoms with Crippen LogP contribution in [0.5, 0.6) is 0 Å². The summed E-state index contributed by atoms with van der Waals surface area (Å²) in [6.07, 6.45) is 6.17. The summed E-state index contributed by atoms with van der Waals surface area (Å²) < 4.78 is 0. The van der Waals surface area contributed by atoms with Gasteiger partial charge >= 0.3 is 5.97 Å². The number of carbonyl (C=O) groups is 2. The molecule has 0 aliphatic heterocycles. The zero-order valence-corrected chi connectivity index (χ0v) is 12.8. The van der Waals surface area contributed by atoms with E-state index in [1.807, 2.05) is 13.8 Å². The molecule has 0 unspecified atom stereocenters. The summed E-state index contributed by atoms with van der Waals surface area (Å²) in [4.78, 5) is 23.1. The third-order valence-electron chi connectivity index (χ3n) is 5.36. The van der Waals surface area contributed by atoms with Crippen LogP contribution in [0.4, 0.5) is 0 Å². The molecular weight excluding hydrogens is 254 g/mol. The maximum Gasteiger partial charge on any atom is 0.307 e. The van der Waals surface area contributed by atoms with Crippen LogP contribution in [0.2, 0.25) is 0 Å². The number of carboxylic acids is 1. The van der Waals surface area contributed by atoms with Gasteiger partial charge in [0.15, 0.2) is 0 Å². The van der Waals surface area contributed by atoms with Crippen molar-refractivity contribution in [2.45, 2.75) is 52.9 Å². The number of hydrogen-bond acceptors (Lipinski definition) is 2. The molecule has 0 heterocycles. The van der Waals surface area contributed by atoms with Gasteiger partial charge in [0, 0.05) is 6.54 Å². The maximum atomic E-state index is 12.1. The summed E-state index contributed by atoms with van der Waals surface area (Å²) in [5.41, 5.74) is -0.393. The molecule has 2 aliphatic rings. The molecule has 4 heteroatoms. The minimum absolute atomic E-state index is 0.0772. The lowest BCUT2D eigenvalue weighted by molar-refractivity contribution is -0.140. The zero-order chi connectivity index (χ0) is 14.9. The Hall–Kier alpha value is -1.06. The summed E-state index contributed by atoms with van der Waals surface area (Å²) >= 11 is 0. The van der Waals surface area contributed by atoms with Gasteiger partial charge in [-0.2, -0.15) is 0 Å². The zero-order valence-electron chi connectivity index (χ0n) is 12.8. The van der Waals surface area contributed by atoms with E-state index in [-0.39, 0.29) is 11.8 Å². The lowest BCUT2D eigenvalue weighted by Crippen LogP contribution is -2.29. The first-order chi connectivity index (χ1) is 9.34. The number of carboxylic acid groups (broad SMARTS) is 1. The minimum atomic E-state index is -0.851. The van der Waals surface area contributed by atoms with Crippen LogP contribution in [0.3, 0.4) is 0 Å². The normalized spacial score (nSPS) is 35.4. The lowest BCUT2D eigenvalue weighted by atomic mass is 9.81. The Morgan fingerprint density at radius 3 is 2.25 bits per heavy atom. The van der Waals surface area contributed by atoms with E-state index >= 15 is 0 Å². The van der Waals surface area contributed by atoms with E-state index in [1.165, 1.54) is 25.7 Å². The largest absolute Gasteiger partial charge is 0.481 e. The molecule has 20 heavy (non-hydrogen) atoms. The summed E-state index contributed by atoms with van der Waals surface area (Å²) in [6.45, 7) is 6.72. The molecule has 0 aromatic heterocycles. The van der Waals surface area contributed by atoms with E-state index < -0.39 is 17.3 Å². The first-order valence-electron chi connectivity index (χ1n) is 7.84. The number of nitrogens with one attached hydrogen (secondary N) is 1. The lowest BCUT2D eigenvalue weighted by Gasteiger charge is -2.26. The van der Waals surface area contributed by atoms with Crippen LogP contribution in [-0.4, -0.2) is 23.5 Å². The van der Waals surface area contributed by atoms with Gasteiger partial charge in [0.1, 0.15) is 0 Å². The molecule has 0 bridgehead atoms. The fourth-order valence-electron chi connectivity index (χ4n) is 3.72. The molecular formula is C16H27NO3. The number of amides is 1. The van der Waals surface area contributed by atoms with E-state index in [1.54, 1.807) is 0 Å². The molecule has 2 aliphatic carbocycles. The van der Waals surface area contributed by atoms with Gasteiger partial charge in [-0.15, -0.1) is 0 Å². The van der Waals surface area contributed by atoms with Crippen LogP contribution in [0, 0.1) is 29.1 Å². The standard InChI is InChI=1S/C16H27NO3/c1-10-4-6-11(7-5-10)8-9-17-14(18)12-13(15(19)20)16(12,2)3/h10-13H,4-9H2,1-3H3,(H,17,18)(H,19,20)/t10?,11?,12-,13+/m1/s1. The van der Waals surface area contributed by atoms with Crippen molar-refractivity contribution >= 4 is 11.9 Å². The fraction of sp³-hybridized carbons (Fsp3) is 0.875. The van der Waals surface area contributed by atoms with Gasteiger partial charge < -0.3 is 10.4 Å². The van der Waals surface area contributed by atoms with Crippen LogP contribution in [-0.2, 0) is 9.59 Å². The van der Waals surface area contributed by atoms with E-state index in [2.05, 4.69) is 12.2 Å². The van der Waals surface area contributed by atoms with Crippen molar-refractivity contribution in [3.63, 3.8) is 0 Å². The quantitative estimate of drug-likeness (QED) is 0.814. The molecule has 114 valence electrons. The molecule has 0 radical (unpaired) electrons. The van der Waals surface area contributed by atoms with Gasteiger partial charge in [-0.25, -0.2) is 0 Å². The highest BCUT2D eigenvalue weighted by molar-refractivity contribution is 5.91. The van der Waals surface area contributed by atoms with Crippen molar-refractivity contribution in [2.24, 2.45) is 29.1 Å². The Morgan fingerprint density at radius 2 is 1.75 bits per heavy atom. The average Bonchev–Trinajstić information content (AvgIpc) is 2.95. The molecule has 2 saturated carbocycles. The molecule has 2 fully saturated rings. The third kappa shape index (κ3) is 3.15. The van der Waals surface area contributed by atoms with Crippen LogP contribution in [0.25, 0.3) is 0 Å². The molecule has 0 aromatic carbocycles. The second-order valence-electron chi connectivity index (χ2n) is 7.32. The van der Waals surface area contributed by atoms with E-state index in [4.69, 9.17) is 5.11 Å². The maximum absolute atomic E-state index is 12.1. The predicted molar refractivity (Wildman–Crippen MR) is 77.1 cm³/mol. The monoisotopic (exact) mass is 281 g/mol. The summed E-state index contributed by atoms with van der Waals surface area (Å²) in [5, 5.41) is 12.0. The smallest absolute Gasteiger partial charge is 0.307 e. The van der Waals surface area contributed by atoms with Crippen molar-refractivity contribution in [3.05, 3.63) is 0 Å². The van der Waals surface area contributed by atoms with E-state index in [0.717, 1.165) is 18.3 Å². The molecule has 2 rings (SSSR count). The molecule has 4 nitrogen and oxygen atoms in total. The molecule has 0 saturated heterocycles. The SMILES string of the molecule is CC1CCC(CCNC(=O)[C@H]2[C@@H](C(=O)O)C2(C)C)CC1. The Balaban J connectivity index is 1.70. The number of aliphatic carboxylic acids is 1. The second kappa shape index (κ2) is 5.74. The summed E-state index contributed by atoms with van der Waals surface area (Å²) in [7, 11) is 0. The molecule has 0 aromatic rings. The molecule has 1 amide bonds. The number of hydrogen-bond donors (Lipinski definition) is 2. The summed E-state index contributed by atoms with van der Waals surface area (Å²) in [5.74, 6) is -0.217. The summed E-state index contributed by atoms with van der Waals surface area (Å²) in [6, 6.07) is 0. The van der Waals surface area contributed by atoms with Crippen molar-refractivity contribution < 1.29 is 14.7 Å². The van der Waals surface area contributed by atoms with Crippen LogP contribution < -0.4 is 5.32 Å². The van der Waals surface area contributed by atoms with Gasteiger partial charge in [0.2, 0.25) is 5.91 Å². The topological polar surface area (TPSA) is 66.4 Å². The van der Waals surface area contributed by atoms with Crippen LogP contribution in [0.1, 0.15) is 52.9 Å². The van der Waals surface area contributed by atoms with Crippen molar-refractivity contribution in [2.75, 3.05) is 6.54 Å². The van der Waals surface area contributed by atoms with Gasteiger partial charge in [0.25, 0.3) is 0 Å². The fourth-order valence-corrected chi connectivity index (χ4v) is 3.72. The van der Waals surface area contributed by atoms with Crippen molar-refractivity contribution in [1.29, 1.82) is 0 Å². The highest BCUT2D eigenvalue weighted by atomic mass is 16.4. The molecule has 2 atom stereocenters. The predicted octanol–water partition coefficient (Wildman–Crippen LogP) is 2.68. The van der Waals surface area contributed by atoms with Crippen LogP contribution >= 0.6 is 0 Å². The number of carbonyl (C=O) groups excluding carboxylic acids is 1. The Kier molecular flexibility index (Phi) is 4.40. The Labute approximate surface area is 121 Å². The highest BCUT2D eigenvalue weighted by Gasteiger charge is 2.65.